The van der Waals surface area contributed by atoms with Crippen molar-refractivity contribution in [3.05, 3.63) is 35.4 Å². The highest BCUT2D eigenvalue weighted by Crippen LogP contribution is 2.29. The van der Waals surface area contributed by atoms with Gasteiger partial charge >= 0.3 is 0 Å². The van der Waals surface area contributed by atoms with Crippen LogP contribution in [0, 0.1) is 11.8 Å². The number of fused-ring (bicyclic) bond motifs is 1. The Morgan fingerprint density at radius 3 is 2.60 bits per heavy atom. The van der Waals surface area contributed by atoms with E-state index in [0.29, 0.717) is 6.04 Å². The molecule has 0 fully saturated rings. The van der Waals surface area contributed by atoms with E-state index in [-0.39, 0.29) is 0 Å². The molecule has 0 spiro atoms. The average Bonchev–Trinajstić information content (AvgIpc) is 2.45. The monoisotopic (exact) mass is 273 g/mol. The highest BCUT2D eigenvalue weighted by atomic mass is 14.9. The molecule has 0 saturated carbocycles. The Morgan fingerprint density at radius 2 is 1.90 bits per heavy atom. The van der Waals surface area contributed by atoms with Gasteiger partial charge in [0.05, 0.1) is 0 Å². The average molecular weight is 273 g/mol. The maximum Gasteiger partial charge on any atom is 0.00985 e. The number of hydrogen-bond acceptors (Lipinski definition) is 1. The fraction of sp³-hybridized carbons (Fsp3) is 0.684. The standard InChI is InChI=1S/C19H31N/c1-4-20-19(11-7-8-15(2)3)18-13-12-16-9-5-6-10-17(16)14-18/h5-6,9-10,15,18-20H,4,7-8,11-14H2,1-3H3. The molecule has 20 heavy (non-hydrogen) atoms. The molecule has 2 unspecified atom stereocenters. The van der Waals surface area contributed by atoms with Crippen molar-refractivity contribution in [2.45, 2.75) is 65.3 Å². The molecule has 1 aliphatic carbocycles. The van der Waals surface area contributed by atoms with Gasteiger partial charge < -0.3 is 5.32 Å². The molecule has 0 radical (unpaired) electrons. The van der Waals surface area contributed by atoms with Crippen molar-refractivity contribution in [3.8, 4) is 0 Å². The third-order valence-corrected chi connectivity index (χ3v) is 4.72. The van der Waals surface area contributed by atoms with Crippen molar-refractivity contribution in [1.82, 2.24) is 5.32 Å². The summed E-state index contributed by atoms with van der Waals surface area (Å²) in [6.07, 6.45) is 7.98. The lowest BCUT2D eigenvalue weighted by Gasteiger charge is -2.32. The molecule has 0 heterocycles. The van der Waals surface area contributed by atoms with E-state index in [1.165, 1.54) is 38.5 Å². The van der Waals surface area contributed by atoms with Gasteiger partial charge in [0, 0.05) is 6.04 Å². The fourth-order valence-corrected chi connectivity index (χ4v) is 3.58. The van der Waals surface area contributed by atoms with Gasteiger partial charge in [-0.25, -0.2) is 0 Å². The van der Waals surface area contributed by atoms with Gasteiger partial charge in [-0.1, -0.05) is 57.9 Å². The summed E-state index contributed by atoms with van der Waals surface area (Å²) in [5.41, 5.74) is 3.18. The minimum absolute atomic E-state index is 0.715. The van der Waals surface area contributed by atoms with Crippen LogP contribution in [0.2, 0.25) is 0 Å². The summed E-state index contributed by atoms with van der Waals surface area (Å²) in [4.78, 5) is 0. The first kappa shape index (κ1) is 15.6. The Morgan fingerprint density at radius 1 is 1.15 bits per heavy atom. The van der Waals surface area contributed by atoms with Crippen LogP contribution in [0.15, 0.2) is 24.3 Å². The van der Waals surface area contributed by atoms with Crippen LogP contribution >= 0.6 is 0 Å². The molecule has 0 saturated heterocycles. The molecule has 1 aromatic carbocycles. The summed E-state index contributed by atoms with van der Waals surface area (Å²) in [5, 5.41) is 3.76. The van der Waals surface area contributed by atoms with Gasteiger partial charge in [0.1, 0.15) is 0 Å². The van der Waals surface area contributed by atoms with Gasteiger partial charge in [-0.3, -0.25) is 0 Å². The zero-order valence-electron chi connectivity index (χ0n) is 13.5. The van der Waals surface area contributed by atoms with Gasteiger partial charge in [0.2, 0.25) is 0 Å². The summed E-state index contributed by atoms with van der Waals surface area (Å²) >= 11 is 0. The second kappa shape index (κ2) is 7.83. The van der Waals surface area contributed by atoms with E-state index in [9.17, 15) is 0 Å². The lowest BCUT2D eigenvalue weighted by Crippen LogP contribution is -2.39. The molecule has 1 heteroatoms. The molecule has 2 rings (SSSR count). The number of benzene rings is 1. The molecule has 0 bridgehead atoms. The van der Waals surface area contributed by atoms with Gasteiger partial charge in [0.15, 0.2) is 0 Å². The second-order valence-electron chi connectivity index (χ2n) is 6.76. The molecule has 112 valence electrons. The Labute approximate surface area is 125 Å². The summed E-state index contributed by atoms with van der Waals surface area (Å²) in [7, 11) is 0. The summed E-state index contributed by atoms with van der Waals surface area (Å²) < 4.78 is 0. The predicted molar refractivity (Wildman–Crippen MR) is 88.1 cm³/mol. The number of aryl methyl sites for hydroxylation is 1. The first-order valence-corrected chi connectivity index (χ1v) is 8.50. The van der Waals surface area contributed by atoms with Crippen LogP contribution in [0.25, 0.3) is 0 Å². The van der Waals surface area contributed by atoms with Gasteiger partial charge in [-0.15, -0.1) is 0 Å². The Balaban J connectivity index is 1.93. The van der Waals surface area contributed by atoms with Crippen molar-refractivity contribution in [3.63, 3.8) is 0 Å². The van der Waals surface area contributed by atoms with E-state index in [0.717, 1.165) is 18.4 Å². The van der Waals surface area contributed by atoms with Crippen LogP contribution in [-0.2, 0) is 12.8 Å². The minimum Gasteiger partial charge on any atom is -0.314 e. The predicted octanol–water partition coefficient (Wildman–Crippen LogP) is 4.60. The van der Waals surface area contributed by atoms with Crippen LogP contribution in [0.1, 0.15) is 57.6 Å². The van der Waals surface area contributed by atoms with E-state index in [1.807, 2.05) is 0 Å². The van der Waals surface area contributed by atoms with Crippen LogP contribution in [0.3, 0.4) is 0 Å². The quantitative estimate of drug-likeness (QED) is 0.766. The number of hydrogen-bond donors (Lipinski definition) is 1. The lowest BCUT2D eigenvalue weighted by molar-refractivity contribution is 0.298. The van der Waals surface area contributed by atoms with Crippen molar-refractivity contribution >= 4 is 0 Å². The molecule has 1 N–H and O–H groups in total. The van der Waals surface area contributed by atoms with Gasteiger partial charge in [0.25, 0.3) is 0 Å². The molecular weight excluding hydrogens is 242 g/mol. The zero-order valence-corrected chi connectivity index (χ0v) is 13.5. The third kappa shape index (κ3) is 4.34. The van der Waals surface area contributed by atoms with E-state index in [4.69, 9.17) is 0 Å². The van der Waals surface area contributed by atoms with E-state index >= 15 is 0 Å². The molecule has 0 aliphatic heterocycles. The van der Waals surface area contributed by atoms with Crippen molar-refractivity contribution in [1.29, 1.82) is 0 Å². The van der Waals surface area contributed by atoms with Crippen LogP contribution in [0.4, 0.5) is 0 Å². The zero-order chi connectivity index (χ0) is 14.4. The van der Waals surface area contributed by atoms with Gasteiger partial charge in [-0.2, -0.15) is 0 Å². The molecule has 0 aromatic heterocycles. The Hall–Kier alpha value is -0.820. The first-order chi connectivity index (χ1) is 9.70. The van der Waals surface area contributed by atoms with Crippen LogP contribution < -0.4 is 5.32 Å². The van der Waals surface area contributed by atoms with Crippen molar-refractivity contribution < 1.29 is 0 Å². The number of nitrogens with one attached hydrogen (secondary N) is 1. The minimum atomic E-state index is 0.715. The Kier molecular flexibility index (Phi) is 6.09. The van der Waals surface area contributed by atoms with Crippen molar-refractivity contribution in [2.75, 3.05) is 6.54 Å². The SMILES string of the molecule is CCNC(CCCC(C)C)C1CCc2ccccc2C1. The highest BCUT2D eigenvalue weighted by molar-refractivity contribution is 5.30. The number of rotatable bonds is 7. The molecule has 1 nitrogen and oxygen atoms in total. The second-order valence-corrected chi connectivity index (χ2v) is 6.76. The van der Waals surface area contributed by atoms with Gasteiger partial charge in [-0.05, 0) is 55.2 Å². The maximum absolute atomic E-state index is 3.76. The normalized spacial score (nSPS) is 19.9. The largest absolute Gasteiger partial charge is 0.314 e. The van der Waals surface area contributed by atoms with Crippen LogP contribution in [-0.4, -0.2) is 12.6 Å². The molecule has 1 aromatic rings. The van der Waals surface area contributed by atoms with E-state index in [2.05, 4.69) is 50.4 Å². The molecule has 0 amide bonds. The Bertz CT molecular complexity index is 397. The molecule has 1 aliphatic rings. The van der Waals surface area contributed by atoms with Crippen LogP contribution in [0.5, 0.6) is 0 Å². The fourth-order valence-electron chi connectivity index (χ4n) is 3.58. The summed E-state index contributed by atoms with van der Waals surface area (Å²) in [5.74, 6) is 1.67. The lowest BCUT2D eigenvalue weighted by atomic mass is 9.78. The van der Waals surface area contributed by atoms with E-state index in [1.54, 1.807) is 11.1 Å². The third-order valence-electron chi connectivity index (χ3n) is 4.72. The molecule has 2 atom stereocenters. The topological polar surface area (TPSA) is 12.0 Å². The summed E-state index contributed by atoms with van der Waals surface area (Å²) in [6, 6.07) is 9.74. The highest BCUT2D eigenvalue weighted by Gasteiger charge is 2.25. The van der Waals surface area contributed by atoms with E-state index < -0.39 is 0 Å². The molecular formula is C19H31N. The summed E-state index contributed by atoms with van der Waals surface area (Å²) in [6.45, 7) is 8.01. The smallest absolute Gasteiger partial charge is 0.00985 e. The van der Waals surface area contributed by atoms with Crippen molar-refractivity contribution in [2.24, 2.45) is 11.8 Å². The first-order valence-electron chi connectivity index (χ1n) is 8.50. The maximum atomic E-state index is 3.76.